The largest absolute Gasteiger partial charge is 0.477 e. The Morgan fingerprint density at radius 1 is 1.08 bits per heavy atom. The summed E-state index contributed by atoms with van der Waals surface area (Å²) in [5.74, 6) is -3.25. The van der Waals surface area contributed by atoms with Gasteiger partial charge in [-0.25, -0.2) is 14.6 Å². The second kappa shape index (κ2) is 12.9. The normalized spacial score (nSPS) is 13.8. The lowest BCUT2D eigenvalue weighted by atomic mass is 9.96. The van der Waals surface area contributed by atoms with E-state index >= 15 is 0 Å². The van der Waals surface area contributed by atoms with Crippen LogP contribution in [-0.4, -0.2) is 71.7 Å². The van der Waals surface area contributed by atoms with Crippen molar-refractivity contribution in [2.45, 2.75) is 39.2 Å². The van der Waals surface area contributed by atoms with E-state index in [1.165, 1.54) is 16.7 Å². The van der Waals surface area contributed by atoms with Crippen molar-refractivity contribution in [2.75, 3.05) is 31.1 Å². The number of carbonyl (C=O) groups is 5. The van der Waals surface area contributed by atoms with Crippen molar-refractivity contribution >= 4 is 46.3 Å². The number of hydrogen-bond acceptors (Lipinski definition) is 9. The molecule has 4 amide bonds. The summed E-state index contributed by atoms with van der Waals surface area (Å²) >= 11 is 1.25. The molecule has 0 aromatic carbocycles. The Kier molecular flexibility index (Phi) is 10.2. The summed E-state index contributed by atoms with van der Waals surface area (Å²) in [4.78, 5) is 65.4. The Morgan fingerprint density at radius 2 is 1.70 bits per heavy atom. The molecule has 0 bridgehead atoms. The van der Waals surface area contributed by atoms with Crippen LogP contribution in [-0.2, 0) is 19.1 Å². The molecular formula is C23H32N6O7S. The molecule has 14 heteroatoms. The first kappa shape index (κ1) is 29.3. The SMILES string of the molecule is C=C(NC(=O)C(=C)NC(=O)c1csc(N2CCC(C(=O)NCCNC(=O)OC(C)(C)C)CC2)n1)C(=O)O. The van der Waals surface area contributed by atoms with Gasteiger partial charge < -0.3 is 36.0 Å². The Bertz CT molecular complexity index is 1070. The molecule has 37 heavy (non-hydrogen) atoms. The molecule has 5 N–H and O–H groups in total. The Labute approximate surface area is 218 Å². The molecule has 0 unspecified atom stereocenters. The standard InChI is InChI=1S/C23H32N6O7S/c1-13(17(30)27-14(2)20(33)34)26-19(32)16-12-37-21(28-16)29-10-6-15(7-11-29)18(31)24-8-9-25-22(35)36-23(3,4)5/h12,15H,1-2,6-11H2,3-5H3,(H,24,31)(H,25,35)(H,26,32)(H,27,30)(H,33,34). The van der Waals surface area contributed by atoms with Crippen LogP contribution in [0.1, 0.15) is 44.1 Å². The summed E-state index contributed by atoms with van der Waals surface area (Å²) in [7, 11) is 0. The smallest absolute Gasteiger partial charge is 0.407 e. The Balaban J connectivity index is 1.75. The molecule has 0 spiro atoms. The van der Waals surface area contributed by atoms with Gasteiger partial charge >= 0.3 is 12.1 Å². The van der Waals surface area contributed by atoms with Crippen LogP contribution < -0.4 is 26.2 Å². The van der Waals surface area contributed by atoms with E-state index in [1.54, 1.807) is 20.8 Å². The van der Waals surface area contributed by atoms with Gasteiger partial charge in [0.05, 0.1) is 5.70 Å². The zero-order valence-corrected chi connectivity index (χ0v) is 21.8. The number of rotatable bonds is 10. The highest BCUT2D eigenvalue weighted by Crippen LogP contribution is 2.26. The van der Waals surface area contributed by atoms with Crippen LogP contribution in [0.3, 0.4) is 0 Å². The first-order valence-corrected chi connectivity index (χ1v) is 12.3. The number of amides is 4. The van der Waals surface area contributed by atoms with Gasteiger partial charge in [0.25, 0.3) is 11.8 Å². The van der Waals surface area contributed by atoms with Crippen molar-refractivity contribution in [1.82, 2.24) is 26.3 Å². The van der Waals surface area contributed by atoms with E-state index in [0.29, 0.717) is 31.1 Å². The highest BCUT2D eigenvalue weighted by Gasteiger charge is 2.27. The number of aromatic nitrogens is 1. The first-order valence-electron chi connectivity index (χ1n) is 11.5. The van der Waals surface area contributed by atoms with Crippen molar-refractivity contribution in [1.29, 1.82) is 0 Å². The van der Waals surface area contributed by atoms with Gasteiger partial charge in [-0.3, -0.25) is 14.4 Å². The maximum atomic E-state index is 12.5. The fraction of sp³-hybridized carbons (Fsp3) is 0.478. The molecule has 0 atom stereocenters. The van der Waals surface area contributed by atoms with Crippen molar-refractivity contribution in [3.63, 3.8) is 0 Å². The second-order valence-corrected chi connectivity index (χ2v) is 10.0. The molecule has 2 rings (SSSR count). The minimum absolute atomic E-state index is 0.0726. The molecule has 13 nitrogen and oxygen atoms in total. The monoisotopic (exact) mass is 536 g/mol. The molecular weight excluding hydrogens is 504 g/mol. The van der Waals surface area contributed by atoms with Crippen LogP contribution in [0.15, 0.2) is 29.9 Å². The number of piperidine rings is 1. The average molecular weight is 537 g/mol. The maximum absolute atomic E-state index is 12.5. The van der Waals surface area contributed by atoms with E-state index in [9.17, 15) is 24.0 Å². The van der Waals surface area contributed by atoms with Gasteiger partial charge in [0.15, 0.2) is 5.13 Å². The molecule has 1 aromatic heterocycles. The van der Waals surface area contributed by atoms with Gasteiger partial charge in [-0.2, -0.15) is 0 Å². The fourth-order valence-corrected chi connectivity index (χ4v) is 4.04. The van der Waals surface area contributed by atoms with Gasteiger partial charge in [-0.1, -0.05) is 13.2 Å². The number of aliphatic carboxylic acids is 1. The summed E-state index contributed by atoms with van der Waals surface area (Å²) in [5.41, 5.74) is -1.42. The van der Waals surface area contributed by atoms with Crippen LogP contribution in [0.2, 0.25) is 0 Å². The summed E-state index contributed by atoms with van der Waals surface area (Å²) in [5, 5.41) is 20.6. The number of ether oxygens (including phenoxy) is 1. The third-order valence-corrected chi connectivity index (χ3v) is 5.92. The summed E-state index contributed by atoms with van der Waals surface area (Å²) in [6.07, 6.45) is 0.650. The Hall–Kier alpha value is -3.94. The molecule has 1 fully saturated rings. The number of carboxylic acid groups (broad SMARTS) is 1. The number of anilines is 1. The molecule has 1 saturated heterocycles. The number of carboxylic acids is 1. The first-order chi connectivity index (χ1) is 17.3. The zero-order valence-electron chi connectivity index (χ0n) is 21.0. The van der Waals surface area contributed by atoms with Crippen LogP contribution >= 0.6 is 11.3 Å². The van der Waals surface area contributed by atoms with Crippen LogP contribution in [0.5, 0.6) is 0 Å². The van der Waals surface area contributed by atoms with E-state index in [-0.39, 0.29) is 36.3 Å². The highest BCUT2D eigenvalue weighted by atomic mass is 32.1. The highest BCUT2D eigenvalue weighted by molar-refractivity contribution is 7.13. The van der Waals surface area contributed by atoms with Crippen molar-refractivity contribution in [3.05, 3.63) is 35.6 Å². The number of nitrogens with one attached hydrogen (secondary N) is 4. The molecule has 0 saturated carbocycles. The van der Waals surface area contributed by atoms with Crippen LogP contribution in [0.4, 0.5) is 9.93 Å². The number of nitrogens with zero attached hydrogens (tertiary/aromatic N) is 2. The van der Waals surface area contributed by atoms with Crippen molar-refractivity contribution in [2.24, 2.45) is 5.92 Å². The van der Waals surface area contributed by atoms with Crippen molar-refractivity contribution in [3.8, 4) is 0 Å². The average Bonchev–Trinajstić information content (AvgIpc) is 3.31. The summed E-state index contributed by atoms with van der Waals surface area (Å²) in [6, 6.07) is 0. The lowest BCUT2D eigenvalue weighted by Crippen LogP contribution is -2.43. The van der Waals surface area contributed by atoms with Gasteiger partial charge in [0.1, 0.15) is 17.0 Å². The summed E-state index contributed by atoms with van der Waals surface area (Å²) < 4.78 is 5.14. The molecule has 1 aromatic rings. The number of carbonyl (C=O) groups excluding carboxylic acids is 4. The van der Waals surface area contributed by atoms with E-state index in [0.717, 1.165) is 0 Å². The third-order valence-electron chi connectivity index (χ3n) is 5.01. The minimum atomic E-state index is -1.41. The third kappa shape index (κ3) is 9.56. The lowest BCUT2D eigenvalue weighted by molar-refractivity contribution is -0.134. The molecule has 0 radical (unpaired) electrons. The lowest BCUT2D eigenvalue weighted by Gasteiger charge is -2.31. The topological polar surface area (TPSA) is 179 Å². The molecule has 1 aliphatic heterocycles. The molecule has 1 aliphatic rings. The van der Waals surface area contributed by atoms with E-state index < -0.39 is 35.2 Å². The second-order valence-electron chi connectivity index (χ2n) is 9.17. The van der Waals surface area contributed by atoms with Crippen LogP contribution in [0, 0.1) is 5.92 Å². The molecule has 0 aliphatic carbocycles. The van der Waals surface area contributed by atoms with Gasteiger partial charge in [0, 0.05) is 37.5 Å². The van der Waals surface area contributed by atoms with Gasteiger partial charge in [-0.15, -0.1) is 11.3 Å². The zero-order chi connectivity index (χ0) is 27.8. The van der Waals surface area contributed by atoms with Crippen LogP contribution in [0.25, 0.3) is 0 Å². The maximum Gasteiger partial charge on any atom is 0.407 e. The fourth-order valence-electron chi connectivity index (χ4n) is 3.18. The quantitative estimate of drug-likeness (QED) is 0.215. The predicted molar refractivity (Wildman–Crippen MR) is 136 cm³/mol. The molecule has 2 heterocycles. The van der Waals surface area contributed by atoms with Gasteiger partial charge in [-0.05, 0) is 33.6 Å². The van der Waals surface area contributed by atoms with E-state index in [4.69, 9.17) is 9.84 Å². The van der Waals surface area contributed by atoms with E-state index in [2.05, 4.69) is 34.1 Å². The number of alkyl carbamates (subject to hydrolysis) is 1. The summed E-state index contributed by atoms with van der Waals surface area (Å²) in [6.45, 7) is 13.6. The predicted octanol–water partition coefficient (Wildman–Crippen LogP) is 0.958. The Morgan fingerprint density at radius 3 is 2.30 bits per heavy atom. The number of hydrogen-bond donors (Lipinski definition) is 5. The van der Waals surface area contributed by atoms with Gasteiger partial charge in [0.2, 0.25) is 5.91 Å². The minimum Gasteiger partial charge on any atom is -0.477 e. The van der Waals surface area contributed by atoms with Crippen molar-refractivity contribution < 1.29 is 33.8 Å². The molecule has 202 valence electrons. The number of thiazole rings is 1. The van der Waals surface area contributed by atoms with E-state index in [1.807, 2.05) is 10.2 Å².